The molecule has 2 fully saturated rings. The molecule has 1 saturated heterocycles. The van der Waals surface area contributed by atoms with Crippen molar-refractivity contribution < 1.29 is 23.7 Å². The van der Waals surface area contributed by atoms with E-state index in [1.807, 2.05) is 24.3 Å². The van der Waals surface area contributed by atoms with E-state index in [4.69, 9.17) is 35.5 Å². The summed E-state index contributed by atoms with van der Waals surface area (Å²) in [4.78, 5) is 22.1. The zero-order valence-corrected chi connectivity index (χ0v) is 29.0. The Morgan fingerprint density at radius 3 is 2.71 bits per heavy atom. The maximum atomic E-state index is 11.5. The van der Waals surface area contributed by atoms with Crippen molar-refractivity contribution in [3.63, 3.8) is 0 Å². The van der Waals surface area contributed by atoms with Gasteiger partial charge in [0.15, 0.2) is 0 Å². The molecule has 0 aromatic carbocycles. The number of tetrazole rings is 1. The molecule has 1 saturated carbocycles. The van der Waals surface area contributed by atoms with Crippen molar-refractivity contribution in [1.82, 2.24) is 35.5 Å². The van der Waals surface area contributed by atoms with Gasteiger partial charge in [0.1, 0.15) is 18.2 Å². The van der Waals surface area contributed by atoms with Crippen LogP contribution in [0.1, 0.15) is 71.3 Å². The molecule has 3 N–H and O–H groups in total. The van der Waals surface area contributed by atoms with Crippen LogP contribution in [0.4, 0.5) is 16.4 Å². The zero-order valence-electron chi connectivity index (χ0n) is 28.2. The minimum Gasteiger partial charge on any atom is -0.435 e. The van der Waals surface area contributed by atoms with Crippen LogP contribution in [-0.2, 0) is 25.6 Å². The van der Waals surface area contributed by atoms with Gasteiger partial charge in [-0.15, -0.1) is 15.0 Å². The van der Waals surface area contributed by atoms with Crippen molar-refractivity contribution in [3.05, 3.63) is 41.3 Å². The Balaban J connectivity index is 1.04. The highest BCUT2D eigenvalue weighted by Crippen LogP contribution is 2.32. The molecule has 0 radical (unpaired) electrons. The summed E-state index contributed by atoms with van der Waals surface area (Å²) >= 11 is 6.59. The second-order valence-electron chi connectivity index (χ2n) is 12.5. The van der Waals surface area contributed by atoms with Gasteiger partial charge in [0, 0.05) is 49.6 Å². The van der Waals surface area contributed by atoms with E-state index < -0.39 is 17.8 Å². The lowest BCUT2D eigenvalue weighted by atomic mass is 9.82. The molecule has 16 heteroatoms. The number of hydrogen-bond acceptors (Lipinski definition) is 14. The maximum Gasteiger partial charge on any atom is 0.510 e. The van der Waals surface area contributed by atoms with E-state index in [1.54, 1.807) is 20.0 Å². The van der Waals surface area contributed by atoms with Crippen molar-refractivity contribution in [2.24, 2.45) is 5.41 Å². The standard InChI is InChI=1S/C33H45ClN10O5/c1-4-48-32(45)49-23(3)44-42-31(41-43-44)19-47-18-22(2)38-24-8-10-25(11-9-24)39-30-16-26(27(34)17-36-30)28-6-5-7-29(40-28)37-21-33(20-35)12-14-46-15-13-33/h5-7,16-17,22-25,38H,4,8-15,18-19,21H2,1-3H3,(H,36,39)(H,37,40)/t22-,23+,24?,25?/m0/s1. The molecule has 264 valence electrons. The van der Waals surface area contributed by atoms with Crippen molar-refractivity contribution >= 4 is 29.4 Å². The third kappa shape index (κ3) is 10.4. The van der Waals surface area contributed by atoms with Crippen molar-refractivity contribution in [3.8, 4) is 17.3 Å². The molecule has 0 amide bonds. The lowest BCUT2D eigenvalue weighted by Gasteiger charge is -2.32. The minimum absolute atomic E-state index is 0.135. The Morgan fingerprint density at radius 1 is 1.18 bits per heavy atom. The Hall–Kier alpha value is -4.10. The summed E-state index contributed by atoms with van der Waals surface area (Å²) < 4.78 is 21.1. The van der Waals surface area contributed by atoms with Crippen molar-refractivity contribution in [2.45, 2.75) is 90.3 Å². The Labute approximate surface area is 291 Å². The molecule has 5 rings (SSSR count). The molecular weight excluding hydrogens is 652 g/mol. The summed E-state index contributed by atoms with van der Waals surface area (Å²) in [5.74, 6) is 1.86. The molecule has 2 aliphatic rings. The third-order valence-electron chi connectivity index (χ3n) is 8.70. The molecule has 3 aromatic rings. The molecule has 0 spiro atoms. The van der Waals surface area contributed by atoms with Gasteiger partial charge in [-0.25, -0.2) is 14.8 Å². The molecule has 0 unspecified atom stereocenters. The molecule has 1 aliphatic carbocycles. The number of rotatable bonds is 15. The topological polar surface area (TPSA) is 183 Å². The second kappa shape index (κ2) is 17.5. The van der Waals surface area contributed by atoms with Gasteiger partial charge in [0.25, 0.3) is 0 Å². The van der Waals surface area contributed by atoms with Gasteiger partial charge in [-0.2, -0.15) is 5.26 Å². The lowest BCUT2D eigenvalue weighted by molar-refractivity contribution is -0.00552. The summed E-state index contributed by atoms with van der Waals surface area (Å²) in [7, 11) is 0. The third-order valence-corrected chi connectivity index (χ3v) is 9.00. The van der Waals surface area contributed by atoms with Gasteiger partial charge in [-0.1, -0.05) is 17.7 Å². The molecule has 4 heterocycles. The number of pyridine rings is 2. The number of nitriles is 1. The Kier molecular flexibility index (Phi) is 12.9. The average Bonchev–Trinajstić information content (AvgIpc) is 3.59. The van der Waals surface area contributed by atoms with Crippen LogP contribution in [0.25, 0.3) is 11.3 Å². The first-order chi connectivity index (χ1) is 23.8. The minimum atomic E-state index is -0.785. The number of carbonyl (C=O) groups excluding carboxylic acids is 1. The molecule has 49 heavy (non-hydrogen) atoms. The highest BCUT2D eigenvalue weighted by atomic mass is 35.5. The van der Waals surface area contributed by atoms with Crippen LogP contribution in [0.15, 0.2) is 30.5 Å². The summed E-state index contributed by atoms with van der Waals surface area (Å²) in [6.45, 7) is 8.03. The molecule has 2 atom stereocenters. The van der Waals surface area contributed by atoms with E-state index in [0.29, 0.717) is 61.9 Å². The average molecular weight is 697 g/mol. The monoisotopic (exact) mass is 696 g/mol. The largest absolute Gasteiger partial charge is 0.510 e. The molecule has 3 aromatic heterocycles. The maximum absolute atomic E-state index is 11.5. The number of aromatic nitrogens is 6. The lowest BCUT2D eigenvalue weighted by Crippen LogP contribution is -2.43. The first-order valence-electron chi connectivity index (χ1n) is 16.8. The number of nitrogens with one attached hydrogen (secondary N) is 3. The molecular formula is C33H45ClN10O5. The van der Waals surface area contributed by atoms with Crippen molar-refractivity contribution in [2.75, 3.05) is 43.6 Å². The Bertz CT molecular complexity index is 1550. The van der Waals surface area contributed by atoms with Crippen molar-refractivity contribution in [1.29, 1.82) is 5.26 Å². The van der Waals surface area contributed by atoms with E-state index in [0.717, 1.165) is 42.8 Å². The van der Waals surface area contributed by atoms with Gasteiger partial charge in [-0.05, 0) is 82.7 Å². The predicted octanol–water partition coefficient (Wildman–Crippen LogP) is 5.13. The van der Waals surface area contributed by atoms with Crippen LogP contribution in [0, 0.1) is 16.7 Å². The fourth-order valence-corrected chi connectivity index (χ4v) is 6.14. The van der Waals surface area contributed by atoms with Gasteiger partial charge in [0.05, 0.1) is 35.4 Å². The van der Waals surface area contributed by atoms with Gasteiger partial charge < -0.3 is 34.9 Å². The van der Waals surface area contributed by atoms with E-state index >= 15 is 0 Å². The quantitative estimate of drug-likeness (QED) is 0.178. The summed E-state index contributed by atoms with van der Waals surface area (Å²) in [5, 5.41) is 33.1. The second-order valence-corrected chi connectivity index (χ2v) is 12.9. The number of anilines is 2. The fraction of sp³-hybridized carbons (Fsp3) is 0.606. The SMILES string of the molecule is CCOC(=O)O[C@H](C)n1nnc(COC[C@H](C)NC2CCC(Nc3cc(-c4cccc(NCC5(C#N)CCOCC5)n4)c(Cl)cn3)CC2)n1. The highest BCUT2D eigenvalue weighted by molar-refractivity contribution is 6.33. The fourth-order valence-electron chi connectivity index (χ4n) is 5.94. The summed E-state index contributed by atoms with van der Waals surface area (Å²) in [6.07, 6.45) is 5.56. The van der Waals surface area contributed by atoms with Crippen LogP contribution in [0.3, 0.4) is 0 Å². The molecule has 1 aliphatic heterocycles. The van der Waals surface area contributed by atoms with E-state index in [2.05, 4.69) is 49.3 Å². The summed E-state index contributed by atoms with van der Waals surface area (Å²) in [6, 6.07) is 11.0. The van der Waals surface area contributed by atoms with Crippen LogP contribution < -0.4 is 16.0 Å². The number of carbonyl (C=O) groups is 1. The van der Waals surface area contributed by atoms with Gasteiger partial charge in [0.2, 0.25) is 12.1 Å². The van der Waals surface area contributed by atoms with Crippen LogP contribution in [-0.4, -0.2) is 87.4 Å². The van der Waals surface area contributed by atoms with Crippen LogP contribution >= 0.6 is 11.6 Å². The van der Waals surface area contributed by atoms with Gasteiger partial charge >= 0.3 is 6.16 Å². The number of halogens is 1. The highest BCUT2D eigenvalue weighted by Gasteiger charge is 2.32. The van der Waals surface area contributed by atoms with Gasteiger partial charge in [-0.3, -0.25) is 0 Å². The first-order valence-corrected chi connectivity index (χ1v) is 17.2. The number of ether oxygens (including phenoxy) is 4. The number of hydrogen-bond donors (Lipinski definition) is 3. The predicted molar refractivity (Wildman–Crippen MR) is 182 cm³/mol. The van der Waals surface area contributed by atoms with E-state index in [1.165, 1.54) is 4.80 Å². The first kappa shape index (κ1) is 36.2. The van der Waals surface area contributed by atoms with Crippen LogP contribution in [0.5, 0.6) is 0 Å². The normalized spacial score (nSPS) is 20.1. The molecule has 0 bridgehead atoms. The Morgan fingerprint density at radius 2 is 1.96 bits per heavy atom. The zero-order chi connectivity index (χ0) is 34.6. The molecule has 15 nitrogen and oxygen atoms in total. The van der Waals surface area contributed by atoms with E-state index in [-0.39, 0.29) is 25.3 Å². The van der Waals surface area contributed by atoms with E-state index in [9.17, 15) is 10.1 Å². The number of nitrogens with zero attached hydrogens (tertiary/aromatic N) is 7. The summed E-state index contributed by atoms with van der Waals surface area (Å²) in [5.41, 5.74) is 1.08. The van der Waals surface area contributed by atoms with Crippen LogP contribution in [0.2, 0.25) is 5.02 Å². The smallest absolute Gasteiger partial charge is 0.435 e.